The second-order valence-corrected chi connectivity index (χ2v) is 4.28. The van der Waals surface area contributed by atoms with Gasteiger partial charge in [-0.15, -0.1) is 0 Å². The maximum Gasteiger partial charge on any atom is 0.172 e. The summed E-state index contributed by atoms with van der Waals surface area (Å²) < 4.78 is 0. The van der Waals surface area contributed by atoms with E-state index in [1.165, 1.54) is 12.8 Å². The number of oxime groups is 1. The van der Waals surface area contributed by atoms with Crippen LogP contribution in [0.5, 0.6) is 0 Å². The lowest BCUT2D eigenvalue weighted by molar-refractivity contribution is 0.318. The standard InChI is InChI=1S/C11H14ClN3O/c12-8-3-4-9(11(13)14-16)10(7-8)15-5-1-2-6-15/h3-4,7,16H,1-2,5-6H2,(H2,13,14). The molecule has 1 aromatic carbocycles. The van der Waals surface area contributed by atoms with E-state index in [0.29, 0.717) is 5.02 Å². The molecule has 5 heteroatoms. The van der Waals surface area contributed by atoms with E-state index >= 15 is 0 Å². The van der Waals surface area contributed by atoms with Crippen LogP contribution >= 0.6 is 11.6 Å². The molecule has 0 unspecified atom stereocenters. The van der Waals surface area contributed by atoms with E-state index in [-0.39, 0.29) is 5.84 Å². The van der Waals surface area contributed by atoms with Gasteiger partial charge in [-0.2, -0.15) is 0 Å². The Morgan fingerprint density at radius 3 is 2.69 bits per heavy atom. The smallest absolute Gasteiger partial charge is 0.172 e. The number of benzene rings is 1. The molecule has 3 N–H and O–H groups in total. The third kappa shape index (κ3) is 2.07. The van der Waals surface area contributed by atoms with E-state index in [0.717, 1.165) is 24.3 Å². The van der Waals surface area contributed by atoms with Gasteiger partial charge in [0.15, 0.2) is 5.84 Å². The minimum Gasteiger partial charge on any atom is -0.409 e. The van der Waals surface area contributed by atoms with Crippen LogP contribution in [0.25, 0.3) is 0 Å². The monoisotopic (exact) mass is 239 g/mol. The van der Waals surface area contributed by atoms with Crippen molar-refractivity contribution < 1.29 is 5.21 Å². The van der Waals surface area contributed by atoms with Crippen LogP contribution in [-0.2, 0) is 0 Å². The molecular weight excluding hydrogens is 226 g/mol. The highest BCUT2D eigenvalue weighted by Crippen LogP contribution is 2.27. The van der Waals surface area contributed by atoms with Crippen LogP contribution in [0.4, 0.5) is 5.69 Å². The molecule has 0 radical (unpaired) electrons. The van der Waals surface area contributed by atoms with Crippen LogP contribution in [0.2, 0.25) is 5.02 Å². The molecule has 1 heterocycles. The predicted octanol–water partition coefficient (Wildman–Crippen LogP) is 2.03. The van der Waals surface area contributed by atoms with Crippen molar-refractivity contribution in [1.29, 1.82) is 0 Å². The van der Waals surface area contributed by atoms with E-state index < -0.39 is 0 Å². The second-order valence-electron chi connectivity index (χ2n) is 3.84. The fraction of sp³-hybridized carbons (Fsp3) is 0.364. The van der Waals surface area contributed by atoms with Gasteiger partial charge in [0.05, 0.1) is 0 Å². The van der Waals surface area contributed by atoms with E-state index in [4.69, 9.17) is 22.5 Å². The summed E-state index contributed by atoms with van der Waals surface area (Å²) in [6.07, 6.45) is 2.34. The minimum absolute atomic E-state index is 0.124. The summed E-state index contributed by atoms with van der Waals surface area (Å²) in [6.45, 7) is 1.98. The van der Waals surface area contributed by atoms with Crippen molar-refractivity contribution in [3.63, 3.8) is 0 Å². The quantitative estimate of drug-likeness (QED) is 0.359. The Morgan fingerprint density at radius 2 is 2.06 bits per heavy atom. The van der Waals surface area contributed by atoms with Crippen molar-refractivity contribution in [3.05, 3.63) is 28.8 Å². The molecule has 0 spiro atoms. The summed E-state index contributed by atoms with van der Waals surface area (Å²) in [5.41, 5.74) is 7.32. The molecule has 0 aliphatic carbocycles. The van der Waals surface area contributed by atoms with Crippen molar-refractivity contribution >= 4 is 23.1 Å². The zero-order chi connectivity index (χ0) is 11.5. The summed E-state index contributed by atoms with van der Waals surface area (Å²) in [4.78, 5) is 2.21. The van der Waals surface area contributed by atoms with Crippen LogP contribution in [0.1, 0.15) is 18.4 Å². The Morgan fingerprint density at radius 1 is 1.38 bits per heavy atom. The summed E-state index contributed by atoms with van der Waals surface area (Å²) in [5.74, 6) is 0.124. The molecule has 0 atom stereocenters. The highest BCUT2D eigenvalue weighted by molar-refractivity contribution is 6.31. The Labute approximate surface area is 99.3 Å². The number of amidine groups is 1. The maximum atomic E-state index is 8.74. The zero-order valence-electron chi connectivity index (χ0n) is 8.86. The molecule has 0 saturated carbocycles. The third-order valence-electron chi connectivity index (χ3n) is 2.79. The summed E-state index contributed by atoms with van der Waals surface area (Å²) in [7, 11) is 0. The van der Waals surface area contributed by atoms with Crippen molar-refractivity contribution in [1.82, 2.24) is 0 Å². The van der Waals surface area contributed by atoms with Gasteiger partial charge in [0.1, 0.15) is 0 Å². The van der Waals surface area contributed by atoms with E-state index in [1.54, 1.807) is 12.1 Å². The van der Waals surface area contributed by atoms with Gasteiger partial charge in [0.2, 0.25) is 0 Å². The molecule has 1 aromatic rings. The van der Waals surface area contributed by atoms with Gasteiger partial charge in [-0.05, 0) is 31.0 Å². The van der Waals surface area contributed by atoms with Gasteiger partial charge in [-0.3, -0.25) is 0 Å². The van der Waals surface area contributed by atoms with Crippen molar-refractivity contribution in [2.45, 2.75) is 12.8 Å². The highest BCUT2D eigenvalue weighted by atomic mass is 35.5. The van der Waals surface area contributed by atoms with Crippen LogP contribution in [-0.4, -0.2) is 24.1 Å². The lowest BCUT2D eigenvalue weighted by atomic mass is 10.1. The molecule has 4 nitrogen and oxygen atoms in total. The van der Waals surface area contributed by atoms with Crippen molar-refractivity contribution in [2.75, 3.05) is 18.0 Å². The number of hydrogen-bond acceptors (Lipinski definition) is 3. The Hall–Kier alpha value is -1.42. The molecule has 0 bridgehead atoms. The van der Waals surface area contributed by atoms with Crippen LogP contribution < -0.4 is 10.6 Å². The van der Waals surface area contributed by atoms with E-state index in [9.17, 15) is 0 Å². The number of nitrogens with zero attached hydrogens (tertiary/aromatic N) is 2. The van der Waals surface area contributed by atoms with E-state index in [1.807, 2.05) is 6.07 Å². The summed E-state index contributed by atoms with van der Waals surface area (Å²) in [5, 5.41) is 12.4. The molecular formula is C11H14ClN3O. The molecule has 1 saturated heterocycles. The SMILES string of the molecule is NC(=NO)c1ccc(Cl)cc1N1CCCC1. The largest absolute Gasteiger partial charge is 0.409 e. The van der Waals surface area contributed by atoms with Gasteiger partial charge >= 0.3 is 0 Å². The zero-order valence-corrected chi connectivity index (χ0v) is 9.61. The van der Waals surface area contributed by atoms with Gasteiger partial charge in [0, 0.05) is 29.4 Å². The first kappa shape index (κ1) is 11.1. The molecule has 0 aromatic heterocycles. The van der Waals surface area contributed by atoms with Gasteiger partial charge in [0.25, 0.3) is 0 Å². The normalized spacial score (nSPS) is 16.8. The molecule has 1 aliphatic rings. The summed E-state index contributed by atoms with van der Waals surface area (Å²) >= 11 is 5.97. The number of hydrogen-bond donors (Lipinski definition) is 2. The summed E-state index contributed by atoms with van der Waals surface area (Å²) in [6, 6.07) is 5.39. The lowest BCUT2D eigenvalue weighted by Crippen LogP contribution is -2.23. The van der Waals surface area contributed by atoms with Crippen LogP contribution in [0.15, 0.2) is 23.4 Å². The first-order valence-electron chi connectivity index (χ1n) is 5.25. The van der Waals surface area contributed by atoms with E-state index in [2.05, 4.69) is 10.1 Å². The number of halogens is 1. The first-order valence-corrected chi connectivity index (χ1v) is 5.62. The van der Waals surface area contributed by atoms with Gasteiger partial charge < -0.3 is 15.8 Å². The fourth-order valence-corrected chi connectivity index (χ4v) is 2.16. The highest BCUT2D eigenvalue weighted by Gasteiger charge is 2.17. The molecule has 86 valence electrons. The average molecular weight is 240 g/mol. The molecule has 2 rings (SSSR count). The minimum atomic E-state index is 0.124. The maximum absolute atomic E-state index is 8.74. The Bertz CT molecular complexity index is 414. The molecule has 16 heavy (non-hydrogen) atoms. The van der Waals surface area contributed by atoms with Crippen LogP contribution in [0.3, 0.4) is 0 Å². The predicted molar refractivity (Wildman–Crippen MR) is 65.4 cm³/mol. The Balaban J connectivity index is 2.43. The first-order chi connectivity index (χ1) is 7.72. The van der Waals surface area contributed by atoms with Gasteiger partial charge in [-0.1, -0.05) is 16.8 Å². The lowest BCUT2D eigenvalue weighted by Gasteiger charge is -2.21. The van der Waals surface area contributed by atoms with Crippen LogP contribution in [0, 0.1) is 0 Å². The van der Waals surface area contributed by atoms with Crippen molar-refractivity contribution in [3.8, 4) is 0 Å². The Kier molecular flexibility index (Phi) is 3.19. The molecule has 1 fully saturated rings. The number of nitrogens with two attached hydrogens (primary N) is 1. The molecule has 1 aliphatic heterocycles. The topological polar surface area (TPSA) is 61.9 Å². The van der Waals surface area contributed by atoms with Gasteiger partial charge in [-0.25, -0.2) is 0 Å². The second kappa shape index (κ2) is 4.61. The average Bonchev–Trinajstić information content (AvgIpc) is 2.81. The molecule has 0 amide bonds. The third-order valence-corrected chi connectivity index (χ3v) is 3.03. The van der Waals surface area contributed by atoms with Crippen molar-refractivity contribution in [2.24, 2.45) is 10.9 Å². The number of anilines is 1. The fourth-order valence-electron chi connectivity index (χ4n) is 1.99. The number of rotatable bonds is 2.